The Morgan fingerprint density at radius 3 is 2.20 bits per heavy atom. The summed E-state index contributed by atoms with van der Waals surface area (Å²) in [7, 11) is 5.94. The van der Waals surface area contributed by atoms with Gasteiger partial charge in [0.25, 0.3) is 0 Å². The number of nitrogens with zero attached hydrogens (tertiary/aromatic N) is 3. The summed E-state index contributed by atoms with van der Waals surface area (Å²) in [5.74, 6) is 0. The molecule has 0 saturated carbocycles. The number of quaternary nitrogens is 1. The van der Waals surface area contributed by atoms with E-state index < -0.39 is 0 Å². The van der Waals surface area contributed by atoms with Crippen LogP contribution >= 0.6 is 0 Å². The standard InChI is InChI=1S/C24H28N6/c1-18(29(3)24-8-6-5-7-23(24)26-2)17-27-30(4)22-15-13-21(14-16-22)28-20-11-9-19(25)10-12-20/h5-17,26,28H,1,25H2,2-4H3/p+1/b27-17+. The zero-order valence-electron chi connectivity index (χ0n) is 17.7. The lowest BCUT2D eigenvalue weighted by molar-refractivity contribution is -0.538. The third-order valence-electron chi connectivity index (χ3n) is 4.86. The highest BCUT2D eigenvalue weighted by atomic mass is 15.4. The van der Waals surface area contributed by atoms with E-state index in [0.29, 0.717) is 0 Å². The lowest BCUT2D eigenvalue weighted by Gasteiger charge is -2.21. The van der Waals surface area contributed by atoms with Crippen LogP contribution in [0.25, 0.3) is 0 Å². The Balaban J connectivity index is 1.63. The van der Waals surface area contributed by atoms with Crippen molar-refractivity contribution in [2.75, 3.05) is 42.1 Å². The van der Waals surface area contributed by atoms with Crippen molar-refractivity contribution in [2.24, 2.45) is 5.10 Å². The fraction of sp³-hybridized carbons (Fsp3) is 0.125. The molecule has 0 atom stereocenters. The van der Waals surface area contributed by atoms with Gasteiger partial charge in [0.15, 0.2) is 5.69 Å². The summed E-state index contributed by atoms with van der Waals surface area (Å²) in [6, 6.07) is 24.0. The average molecular weight is 402 g/mol. The lowest BCUT2D eigenvalue weighted by atomic mass is 10.2. The largest absolute Gasteiger partial charge is 0.399 e. The van der Waals surface area contributed by atoms with Gasteiger partial charge in [-0.05, 0) is 54.6 Å². The van der Waals surface area contributed by atoms with E-state index in [-0.39, 0.29) is 0 Å². The second kappa shape index (κ2) is 9.62. The van der Waals surface area contributed by atoms with E-state index in [1.165, 1.54) is 0 Å². The van der Waals surface area contributed by atoms with Crippen LogP contribution in [0.4, 0.5) is 34.1 Å². The minimum atomic E-state index is 0.749. The molecule has 3 aromatic carbocycles. The SMILES string of the molecule is C=C(/C=N/N(C)c1ccc(Nc2ccc(N)cc2)cc1)N(C)c1ccccc1[NH2+]C. The van der Waals surface area contributed by atoms with Crippen molar-refractivity contribution >= 4 is 40.3 Å². The Kier molecular flexibility index (Phi) is 6.72. The maximum absolute atomic E-state index is 5.73. The van der Waals surface area contributed by atoms with Crippen molar-refractivity contribution in [3.8, 4) is 0 Å². The highest BCUT2D eigenvalue weighted by Gasteiger charge is 2.10. The zero-order chi connectivity index (χ0) is 21.5. The first-order valence-electron chi connectivity index (χ1n) is 9.79. The minimum absolute atomic E-state index is 0.749. The molecule has 0 bridgehead atoms. The summed E-state index contributed by atoms with van der Waals surface area (Å²) in [5, 5.41) is 11.8. The van der Waals surface area contributed by atoms with Gasteiger partial charge in [-0.3, -0.25) is 5.01 Å². The second-order valence-electron chi connectivity index (χ2n) is 6.96. The van der Waals surface area contributed by atoms with Crippen molar-refractivity contribution in [3.63, 3.8) is 0 Å². The molecule has 3 aromatic rings. The summed E-state index contributed by atoms with van der Waals surface area (Å²) < 4.78 is 0. The fourth-order valence-electron chi connectivity index (χ4n) is 2.99. The van der Waals surface area contributed by atoms with Gasteiger partial charge in [0.05, 0.1) is 24.6 Å². The van der Waals surface area contributed by atoms with E-state index in [2.05, 4.69) is 34.4 Å². The molecule has 6 nitrogen and oxygen atoms in total. The van der Waals surface area contributed by atoms with E-state index in [9.17, 15) is 0 Å². The molecule has 0 unspecified atom stereocenters. The number of para-hydroxylation sites is 2. The van der Waals surface area contributed by atoms with Crippen LogP contribution in [0, 0.1) is 0 Å². The molecule has 0 aliphatic rings. The Labute approximate surface area is 178 Å². The van der Waals surface area contributed by atoms with E-state index in [4.69, 9.17) is 5.73 Å². The smallest absolute Gasteiger partial charge is 0.153 e. The Bertz CT molecular complexity index is 1010. The number of allylic oxidation sites excluding steroid dienone is 1. The van der Waals surface area contributed by atoms with Gasteiger partial charge < -0.3 is 21.3 Å². The average Bonchev–Trinajstić information content (AvgIpc) is 2.78. The molecule has 0 aliphatic carbocycles. The maximum atomic E-state index is 5.73. The monoisotopic (exact) mass is 401 g/mol. The van der Waals surface area contributed by atoms with Crippen molar-refractivity contribution in [1.29, 1.82) is 0 Å². The number of hydrogen-bond acceptors (Lipinski definition) is 5. The number of hydrogen-bond donors (Lipinski definition) is 3. The summed E-state index contributed by atoms with van der Waals surface area (Å²) in [6.07, 6.45) is 1.77. The van der Waals surface area contributed by atoms with E-state index >= 15 is 0 Å². The molecular formula is C24H29N6+. The Hall–Kier alpha value is -3.77. The van der Waals surface area contributed by atoms with Gasteiger partial charge in [-0.15, -0.1) is 0 Å². The van der Waals surface area contributed by atoms with Gasteiger partial charge in [0, 0.05) is 37.2 Å². The molecule has 0 fully saturated rings. The molecule has 6 heteroatoms. The Morgan fingerprint density at radius 1 is 0.967 bits per heavy atom. The van der Waals surface area contributed by atoms with Crippen LogP contribution in [-0.2, 0) is 0 Å². The second-order valence-corrected chi connectivity index (χ2v) is 6.96. The molecule has 0 amide bonds. The van der Waals surface area contributed by atoms with Gasteiger partial charge in [-0.1, -0.05) is 18.7 Å². The first-order chi connectivity index (χ1) is 14.5. The number of rotatable bonds is 8. The van der Waals surface area contributed by atoms with Crippen molar-refractivity contribution < 1.29 is 5.32 Å². The summed E-state index contributed by atoms with van der Waals surface area (Å²) >= 11 is 0. The molecule has 5 N–H and O–H groups in total. The molecule has 0 aliphatic heterocycles. The molecule has 3 rings (SSSR count). The maximum Gasteiger partial charge on any atom is 0.153 e. The number of nitrogen functional groups attached to an aromatic ring is 1. The molecule has 0 heterocycles. The van der Waals surface area contributed by atoms with E-state index in [1.54, 1.807) is 6.21 Å². The molecule has 0 radical (unpaired) electrons. The molecule has 30 heavy (non-hydrogen) atoms. The van der Waals surface area contributed by atoms with Gasteiger partial charge in [-0.2, -0.15) is 5.10 Å². The van der Waals surface area contributed by atoms with Crippen LogP contribution in [0.3, 0.4) is 0 Å². The van der Waals surface area contributed by atoms with Crippen molar-refractivity contribution in [3.05, 3.63) is 85.1 Å². The lowest BCUT2D eigenvalue weighted by Crippen LogP contribution is -2.73. The third-order valence-corrected chi connectivity index (χ3v) is 4.86. The molecular weight excluding hydrogens is 372 g/mol. The number of nitrogens with one attached hydrogen (secondary N) is 1. The molecule has 0 saturated heterocycles. The first kappa shape index (κ1) is 21.0. The predicted molar refractivity (Wildman–Crippen MR) is 129 cm³/mol. The van der Waals surface area contributed by atoms with Gasteiger partial charge in [0.1, 0.15) is 5.69 Å². The van der Waals surface area contributed by atoms with E-state index in [1.807, 2.05) is 91.7 Å². The summed E-state index contributed by atoms with van der Waals surface area (Å²) in [5.41, 5.74) is 12.5. The van der Waals surface area contributed by atoms with Crippen molar-refractivity contribution in [1.82, 2.24) is 0 Å². The van der Waals surface area contributed by atoms with Gasteiger partial charge >= 0.3 is 0 Å². The highest BCUT2D eigenvalue weighted by Crippen LogP contribution is 2.23. The van der Waals surface area contributed by atoms with Crippen LogP contribution < -0.4 is 26.3 Å². The number of anilines is 5. The van der Waals surface area contributed by atoms with Gasteiger partial charge in [0.2, 0.25) is 0 Å². The molecule has 0 spiro atoms. The van der Waals surface area contributed by atoms with Gasteiger partial charge in [-0.25, -0.2) is 0 Å². The topological polar surface area (TPSA) is 73.5 Å². The molecule has 154 valence electrons. The van der Waals surface area contributed by atoms with Crippen LogP contribution in [0.15, 0.2) is 90.2 Å². The number of hydrazone groups is 1. The van der Waals surface area contributed by atoms with Crippen LogP contribution in [0.2, 0.25) is 0 Å². The third kappa shape index (κ3) is 5.18. The summed E-state index contributed by atoms with van der Waals surface area (Å²) in [4.78, 5) is 2.03. The zero-order valence-corrected chi connectivity index (χ0v) is 17.7. The van der Waals surface area contributed by atoms with Crippen LogP contribution in [-0.4, -0.2) is 27.4 Å². The number of benzene rings is 3. The fourth-order valence-corrected chi connectivity index (χ4v) is 2.99. The highest BCUT2D eigenvalue weighted by molar-refractivity contribution is 5.85. The minimum Gasteiger partial charge on any atom is -0.399 e. The van der Waals surface area contributed by atoms with E-state index in [0.717, 1.165) is 39.8 Å². The normalized spacial score (nSPS) is 10.8. The van der Waals surface area contributed by atoms with Crippen molar-refractivity contribution in [2.45, 2.75) is 0 Å². The Morgan fingerprint density at radius 2 is 1.57 bits per heavy atom. The summed E-state index contributed by atoms with van der Waals surface area (Å²) in [6.45, 7) is 4.16. The molecule has 0 aromatic heterocycles. The quantitative estimate of drug-likeness (QED) is 0.304. The number of nitrogens with two attached hydrogens (primary N) is 2. The predicted octanol–water partition coefficient (Wildman–Crippen LogP) is 3.91. The van der Waals surface area contributed by atoms with Crippen LogP contribution in [0.1, 0.15) is 0 Å². The first-order valence-corrected chi connectivity index (χ1v) is 9.79. The van der Waals surface area contributed by atoms with Crippen LogP contribution in [0.5, 0.6) is 0 Å².